The molecule has 0 amide bonds. The van der Waals surface area contributed by atoms with Crippen molar-refractivity contribution in [1.82, 2.24) is 24.9 Å². The van der Waals surface area contributed by atoms with Crippen LogP contribution in [0.3, 0.4) is 0 Å². The van der Waals surface area contributed by atoms with Crippen molar-refractivity contribution in [2.75, 3.05) is 0 Å². The number of pyridine rings is 3. The van der Waals surface area contributed by atoms with Crippen LogP contribution in [0, 0.1) is 11.8 Å². The molecular weight excluding hydrogens is 695 g/mol. The van der Waals surface area contributed by atoms with Crippen molar-refractivity contribution in [3.63, 3.8) is 0 Å². The smallest absolute Gasteiger partial charge is 0.160 e. The molecule has 8 aromatic rings. The molecule has 0 spiro atoms. The molecule has 0 saturated heterocycles. The Labute approximate surface area is 331 Å². The molecule has 0 radical (unpaired) electrons. The normalized spacial score (nSPS) is 14.8. The number of hydrogen-bond donors (Lipinski definition) is 0. The standard InChI is InChI=1S/C52H35N5/c1-2-6-17-39(16-5-1)48-34-49(46-22-11-12-31-53-46)57-52(56-48)42-21-13-20-41(32-42)35-23-25-36(26-24-35)44-33-47(38-18-9-4-10-19-38)55-51-43(44)29-27-40-28-30-45(54-50(40)51)37-14-7-3-8-15-37/h3-5,7-25,27-34,36H,1,26H2. The summed E-state index contributed by atoms with van der Waals surface area (Å²) in [5.41, 5.74) is 13.7. The fourth-order valence-electron chi connectivity index (χ4n) is 7.64. The van der Waals surface area contributed by atoms with Crippen molar-refractivity contribution in [1.29, 1.82) is 0 Å². The van der Waals surface area contributed by atoms with Gasteiger partial charge in [-0.2, -0.15) is 0 Å². The lowest BCUT2D eigenvalue weighted by molar-refractivity contribution is 0.864. The first-order valence-electron chi connectivity index (χ1n) is 19.2. The van der Waals surface area contributed by atoms with E-state index in [2.05, 4.69) is 150 Å². The molecule has 1 atom stereocenters. The molecule has 0 aliphatic heterocycles. The molecule has 5 nitrogen and oxygen atoms in total. The lowest BCUT2D eigenvalue weighted by atomic mass is 9.85. The fourth-order valence-corrected chi connectivity index (χ4v) is 7.64. The molecule has 57 heavy (non-hydrogen) atoms. The molecule has 4 heterocycles. The van der Waals surface area contributed by atoms with Gasteiger partial charge in [0, 0.05) is 51.6 Å². The van der Waals surface area contributed by atoms with E-state index >= 15 is 0 Å². The predicted octanol–water partition coefficient (Wildman–Crippen LogP) is 12.1. The molecule has 2 aliphatic rings. The first-order valence-corrected chi connectivity index (χ1v) is 19.2. The summed E-state index contributed by atoms with van der Waals surface area (Å²) in [5.74, 6) is 7.09. The highest BCUT2D eigenvalue weighted by Crippen LogP contribution is 2.39. The maximum Gasteiger partial charge on any atom is 0.160 e. The highest BCUT2D eigenvalue weighted by molar-refractivity contribution is 6.05. The van der Waals surface area contributed by atoms with Gasteiger partial charge in [0.05, 0.1) is 39.5 Å². The van der Waals surface area contributed by atoms with Gasteiger partial charge in [-0.25, -0.2) is 19.9 Å². The van der Waals surface area contributed by atoms with Crippen molar-refractivity contribution in [2.45, 2.75) is 18.8 Å². The molecule has 4 aromatic carbocycles. The van der Waals surface area contributed by atoms with Crippen molar-refractivity contribution >= 4 is 33.0 Å². The molecule has 10 rings (SSSR count). The molecule has 0 bridgehead atoms. The monoisotopic (exact) mass is 729 g/mol. The van der Waals surface area contributed by atoms with Crippen molar-refractivity contribution < 1.29 is 0 Å². The van der Waals surface area contributed by atoms with Gasteiger partial charge in [-0.05, 0) is 65.6 Å². The van der Waals surface area contributed by atoms with Gasteiger partial charge in [0.15, 0.2) is 5.82 Å². The molecule has 5 heteroatoms. The number of aromatic nitrogens is 5. The maximum atomic E-state index is 5.30. The Morgan fingerprint density at radius 3 is 2.09 bits per heavy atom. The van der Waals surface area contributed by atoms with Crippen LogP contribution in [0.4, 0.5) is 0 Å². The lowest BCUT2D eigenvalue weighted by Gasteiger charge is -2.20. The Bertz CT molecular complexity index is 3010. The minimum Gasteiger partial charge on any atom is -0.255 e. The van der Waals surface area contributed by atoms with Crippen molar-refractivity contribution in [2.24, 2.45) is 0 Å². The number of allylic oxidation sites excluding steroid dienone is 8. The zero-order valence-corrected chi connectivity index (χ0v) is 31.0. The predicted molar refractivity (Wildman–Crippen MR) is 233 cm³/mol. The third-order valence-electron chi connectivity index (χ3n) is 10.6. The number of benzene rings is 4. The third kappa shape index (κ3) is 6.86. The number of rotatable bonds is 7. The molecule has 2 aliphatic carbocycles. The molecule has 0 fully saturated rings. The Morgan fingerprint density at radius 1 is 0.526 bits per heavy atom. The average Bonchev–Trinajstić information content (AvgIpc) is 3.59. The highest BCUT2D eigenvalue weighted by atomic mass is 14.9. The van der Waals surface area contributed by atoms with Crippen LogP contribution >= 0.6 is 0 Å². The summed E-state index contributed by atoms with van der Waals surface area (Å²) in [5, 5.41) is 2.20. The summed E-state index contributed by atoms with van der Waals surface area (Å²) >= 11 is 0. The minimum absolute atomic E-state index is 0.157. The van der Waals surface area contributed by atoms with Crippen molar-refractivity contribution in [3.05, 3.63) is 199 Å². The lowest BCUT2D eigenvalue weighted by Crippen LogP contribution is -2.03. The van der Waals surface area contributed by atoms with E-state index in [1.165, 1.54) is 11.1 Å². The summed E-state index contributed by atoms with van der Waals surface area (Å²) in [4.78, 5) is 25.2. The summed E-state index contributed by atoms with van der Waals surface area (Å²) < 4.78 is 0. The van der Waals surface area contributed by atoms with Gasteiger partial charge in [0.2, 0.25) is 0 Å². The van der Waals surface area contributed by atoms with E-state index in [9.17, 15) is 0 Å². The minimum atomic E-state index is 0.157. The van der Waals surface area contributed by atoms with Crippen LogP contribution in [-0.2, 0) is 0 Å². The Hall–Kier alpha value is -7.55. The summed E-state index contributed by atoms with van der Waals surface area (Å²) in [6, 6.07) is 48.1. The van der Waals surface area contributed by atoms with Crippen LogP contribution in [0.1, 0.15) is 35.6 Å². The summed E-state index contributed by atoms with van der Waals surface area (Å²) in [7, 11) is 0. The van der Waals surface area contributed by atoms with Gasteiger partial charge in [0.1, 0.15) is 0 Å². The van der Waals surface area contributed by atoms with Crippen LogP contribution in [0.25, 0.3) is 78.2 Å². The highest BCUT2D eigenvalue weighted by Gasteiger charge is 2.20. The number of fused-ring (bicyclic) bond motifs is 3. The van der Waals surface area contributed by atoms with Gasteiger partial charge in [0.25, 0.3) is 0 Å². The Kier molecular flexibility index (Phi) is 8.91. The fraction of sp³-hybridized carbons (Fsp3) is 0.0577. The van der Waals surface area contributed by atoms with E-state index in [0.717, 1.165) is 84.5 Å². The van der Waals surface area contributed by atoms with Crippen LogP contribution in [0.2, 0.25) is 0 Å². The quantitative estimate of drug-likeness (QED) is 0.121. The number of hydrogen-bond acceptors (Lipinski definition) is 5. The average molecular weight is 730 g/mol. The Morgan fingerprint density at radius 2 is 1.28 bits per heavy atom. The molecule has 268 valence electrons. The second kappa shape index (κ2) is 14.9. The Balaban J connectivity index is 1.02. The van der Waals surface area contributed by atoms with Gasteiger partial charge >= 0.3 is 0 Å². The van der Waals surface area contributed by atoms with Crippen LogP contribution in [-0.4, -0.2) is 24.9 Å². The maximum absolute atomic E-state index is 5.30. The first-order chi connectivity index (χ1) is 28.2. The van der Waals surface area contributed by atoms with Crippen molar-refractivity contribution in [3.8, 4) is 57.1 Å². The molecule has 4 aromatic heterocycles. The molecular formula is C52H35N5. The summed E-state index contributed by atoms with van der Waals surface area (Å²) in [6.07, 6.45) is 16.4. The van der Waals surface area contributed by atoms with Gasteiger partial charge in [-0.3, -0.25) is 4.98 Å². The van der Waals surface area contributed by atoms with Crippen LogP contribution < -0.4 is 0 Å². The van der Waals surface area contributed by atoms with E-state index in [-0.39, 0.29) is 5.92 Å². The second-order valence-corrected chi connectivity index (χ2v) is 14.2. The zero-order valence-electron chi connectivity index (χ0n) is 31.0. The number of nitrogens with zero attached hydrogens (tertiary/aromatic N) is 5. The van der Waals surface area contributed by atoms with Gasteiger partial charge in [-0.15, -0.1) is 0 Å². The molecule has 0 N–H and O–H groups in total. The third-order valence-corrected chi connectivity index (χ3v) is 10.6. The van der Waals surface area contributed by atoms with E-state index in [4.69, 9.17) is 19.9 Å². The van der Waals surface area contributed by atoms with E-state index in [1.807, 2.05) is 42.5 Å². The van der Waals surface area contributed by atoms with E-state index in [0.29, 0.717) is 12.2 Å². The van der Waals surface area contributed by atoms with Gasteiger partial charge in [-0.1, -0.05) is 145 Å². The zero-order chi connectivity index (χ0) is 38.0. The first kappa shape index (κ1) is 34.0. The van der Waals surface area contributed by atoms with E-state index < -0.39 is 0 Å². The van der Waals surface area contributed by atoms with Gasteiger partial charge < -0.3 is 0 Å². The SMILES string of the molecule is C1#CCC=CC(c2cc(-c3ccccn3)nc(-c3cccc(C4=CCC(c5cc(-c6ccccc6)nc6c5ccc5ccc(-c7ccccc7)nc56)C=C4)c3)n2)=C1. The van der Waals surface area contributed by atoms with E-state index in [1.54, 1.807) is 6.20 Å². The second-order valence-electron chi connectivity index (χ2n) is 14.2. The molecule has 1 unspecified atom stereocenters. The summed E-state index contributed by atoms with van der Waals surface area (Å²) in [6.45, 7) is 0. The topological polar surface area (TPSA) is 64.5 Å². The largest absolute Gasteiger partial charge is 0.255 e. The van der Waals surface area contributed by atoms with Crippen LogP contribution in [0.5, 0.6) is 0 Å². The molecule has 0 saturated carbocycles. The van der Waals surface area contributed by atoms with Crippen LogP contribution in [0.15, 0.2) is 182 Å².